The summed E-state index contributed by atoms with van der Waals surface area (Å²) in [5, 5.41) is 0. The quantitative estimate of drug-likeness (QED) is 0.589. The molecule has 0 aliphatic carbocycles. The van der Waals surface area contributed by atoms with Gasteiger partial charge < -0.3 is 4.43 Å². The van der Waals surface area contributed by atoms with Crippen LogP contribution in [-0.4, -0.2) is 45.8 Å². The molecule has 0 radical (unpaired) electrons. The second kappa shape index (κ2) is 6.54. The minimum atomic E-state index is -3.26. The molecule has 1 rings (SSSR count). The first-order valence-corrected chi connectivity index (χ1v) is 11.7. The van der Waals surface area contributed by atoms with Crippen molar-refractivity contribution < 1.29 is 10.4 Å². The molecule has 0 aromatic heterocycles. The van der Waals surface area contributed by atoms with Gasteiger partial charge in [-0.3, -0.25) is 4.57 Å². The van der Waals surface area contributed by atoms with E-state index in [9.17, 15) is 4.57 Å². The standard InChI is InChI=1S/C14H27N2O2PSi/c1-15(2)19(17,16(3)4)14(18-20(5,6)7)13-11-9-8-10-12-13/h8-12,14H,1-7H3/i14D. The Labute approximate surface area is 125 Å². The largest absolute Gasteiger partial charge is 0.402 e. The van der Waals surface area contributed by atoms with E-state index in [0.717, 1.165) is 0 Å². The van der Waals surface area contributed by atoms with Crippen molar-refractivity contribution in [2.24, 2.45) is 0 Å². The van der Waals surface area contributed by atoms with Gasteiger partial charge in [-0.2, -0.15) is 0 Å². The fourth-order valence-corrected chi connectivity index (χ4v) is 5.80. The first-order valence-electron chi connectivity index (χ1n) is 7.16. The topological polar surface area (TPSA) is 32.8 Å². The number of hydrogen-bond acceptors (Lipinski definition) is 2. The van der Waals surface area contributed by atoms with Gasteiger partial charge in [0.05, 0.1) is 1.37 Å². The molecule has 6 heteroatoms. The molecule has 1 unspecified atom stereocenters. The molecule has 1 atom stereocenters. The maximum absolute atomic E-state index is 13.7. The molecule has 0 heterocycles. The fraction of sp³-hybridized carbons (Fsp3) is 0.571. The average molecular weight is 315 g/mol. The van der Waals surface area contributed by atoms with Crippen LogP contribution in [0.2, 0.25) is 19.6 Å². The van der Waals surface area contributed by atoms with E-state index in [1.165, 1.54) is 0 Å². The third-order valence-corrected chi connectivity index (χ3v) is 6.81. The van der Waals surface area contributed by atoms with Gasteiger partial charge in [-0.05, 0) is 53.4 Å². The smallest absolute Gasteiger partial charge is 0.246 e. The van der Waals surface area contributed by atoms with Crippen LogP contribution in [0, 0.1) is 0 Å². The zero-order chi connectivity index (χ0) is 16.5. The second-order valence-corrected chi connectivity index (χ2v) is 13.6. The van der Waals surface area contributed by atoms with Gasteiger partial charge in [-0.25, -0.2) is 9.34 Å². The van der Waals surface area contributed by atoms with Crippen LogP contribution < -0.4 is 0 Å². The highest BCUT2D eigenvalue weighted by molar-refractivity contribution is 7.59. The Morgan fingerprint density at radius 2 is 1.55 bits per heavy atom. The Bertz CT molecular complexity index is 507. The van der Waals surface area contributed by atoms with Gasteiger partial charge in [0, 0.05) is 0 Å². The number of hydrogen-bond donors (Lipinski definition) is 0. The van der Waals surface area contributed by atoms with Gasteiger partial charge >= 0.3 is 0 Å². The van der Waals surface area contributed by atoms with Crippen molar-refractivity contribution in [3.63, 3.8) is 0 Å². The highest BCUT2D eigenvalue weighted by Gasteiger charge is 2.42. The number of rotatable bonds is 6. The molecule has 0 aliphatic rings. The zero-order valence-electron chi connectivity index (χ0n) is 14.5. The summed E-state index contributed by atoms with van der Waals surface area (Å²) < 4.78 is 32.1. The fourth-order valence-electron chi connectivity index (χ4n) is 1.88. The summed E-state index contributed by atoms with van der Waals surface area (Å²) in [6, 6.07) is 9.21. The number of nitrogens with zero attached hydrogens (tertiary/aromatic N) is 2. The van der Waals surface area contributed by atoms with Crippen LogP contribution in [0.1, 0.15) is 12.8 Å². The summed E-state index contributed by atoms with van der Waals surface area (Å²) in [5.41, 5.74) is 0.623. The van der Waals surface area contributed by atoms with Crippen molar-refractivity contribution in [3.8, 4) is 0 Å². The molecule has 0 saturated carbocycles. The monoisotopic (exact) mass is 315 g/mol. The average Bonchev–Trinajstić information content (AvgIpc) is 2.36. The summed E-state index contributed by atoms with van der Waals surface area (Å²) in [5.74, 6) is -1.61. The van der Waals surface area contributed by atoms with Gasteiger partial charge in [0.25, 0.3) is 0 Å². The predicted octanol–water partition coefficient (Wildman–Crippen LogP) is 3.85. The Morgan fingerprint density at radius 1 is 1.10 bits per heavy atom. The Morgan fingerprint density at radius 3 is 1.90 bits per heavy atom. The van der Waals surface area contributed by atoms with Gasteiger partial charge in [0.15, 0.2) is 14.1 Å². The predicted molar refractivity (Wildman–Crippen MR) is 88.6 cm³/mol. The zero-order valence-corrected chi connectivity index (χ0v) is 15.4. The SMILES string of the molecule is [2H]C(O[Si](C)(C)C)(c1ccccc1)P(=O)(N(C)C)N(C)C. The number of benzene rings is 1. The van der Waals surface area contributed by atoms with E-state index in [0.29, 0.717) is 5.56 Å². The van der Waals surface area contributed by atoms with Crippen molar-refractivity contribution >= 4 is 15.8 Å². The van der Waals surface area contributed by atoms with E-state index in [-0.39, 0.29) is 0 Å². The van der Waals surface area contributed by atoms with Gasteiger partial charge in [-0.15, -0.1) is 0 Å². The lowest BCUT2D eigenvalue weighted by molar-refractivity contribution is 0.246. The molecule has 1 aromatic carbocycles. The van der Waals surface area contributed by atoms with E-state index < -0.39 is 21.6 Å². The molecule has 20 heavy (non-hydrogen) atoms. The molecule has 0 N–H and O–H groups in total. The van der Waals surface area contributed by atoms with Crippen LogP contribution in [0.25, 0.3) is 0 Å². The summed E-state index contributed by atoms with van der Waals surface area (Å²) >= 11 is 0. The first-order chi connectivity index (χ1) is 9.45. The normalized spacial score (nSPS) is 17.1. The minimum absolute atomic E-state index is 0.623. The van der Waals surface area contributed by atoms with E-state index in [1.54, 1.807) is 37.5 Å². The Kier molecular flexibility index (Phi) is 5.21. The second-order valence-electron chi connectivity index (χ2n) is 6.12. The van der Waals surface area contributed by atoms with E-state index in [1.807, 2.05) is 50.0 Å². The molecule has 0 amide bonds. The summed E-state index contributed by atoms with van der Waals surface area (Å²) in [4.78, 5) is 0. The molecule has 0 aliphatic heterocycles. The summed E-state index contributed by atoms with van der Waals surface area (Å²) in [6.07, 6.45) is 0. The van der Waals surface area contributed by atoms with Gasteiger partial charge in [0.1, 0.15) is 0 Å². The van der Waals surface area contributed by atoms with E-state index in [2.05, 4.69) is 0 Å². The van der Waals surface area contributed by atoms with Crippen molar-refractivity contribution in [1.29, 1.82) is 0 Å². The van der Waals surface area contributed by atoms with Crippen molar-refractivity contribution in [3.05, 3.63) is 35.9 Å². The lowest BCUT2D eigenvalue weighted by Crippen LogP contribution is -2.33. The van der Waals surface area contributed by atoms with Crippen LogP contribution in [0.3, 0.4) is 0 Å². The lowest BCUT2D eigenvalue weighted by atomic mass is 10.2. The third-order valence-electron chi connectivity index (χ3n) is 2.77. The maximum Gasteiger partial charge on any atom is 0.246 e. The highest BCUT2D eigenvalue weighted by atomic mass is 31.2. The molecule has 4 nitrogen and oxygen atoms in total. The highest BCUT2D eigenvalue weighted by Crippen LogP contribution is 2.62. The van der Waals surface area contributed by atoms with Crippen molar-refractivity contribution in [2.75, 3.05) is 28.2 Å². The van der Waals surface area contributed by atoms with Crippen molar-refractivity contribution in [1.82, 2.24) is 9.34 Å². The molecule has 0 saturated heterocycles. The molecule has 1 aromatic rings. The Hall–Kier alpha value is -0.453. The molecule has 0 spiro atoms. The third kappa shape index (κ3) is 4.03. The molecule has 0 bridgehead atoms. The van der Waals surface area contributed by atoms with E-state index in [4.69, 9.17) is 5.80 Å². The van der Waals surface area contributed by atoms with Gasteiger partial charge in [-0.1, -0.05) is 30.3 Å². The minimum Gasteiger partial charge on any atom is -0.402 e. The van der Waals surface area contributed by atoms with Crippen LogP contribution in [-0.2, 0) is 8.99 Å². The first kappa shape index (κ1) is 15.9. The maximum atomic E-state index is 13.7. The van der Waals surface area contributed by atoms with Crippen LogP contribution in [0.15, 0.2) is 30.3 Å². The lowest BCUT2D eigenvalue weighted by Gasteiger charge is -2.39. The van der Waals surface area contributed by atoms with E-state index >= 15 is 0 Å². The van der Waals surface area contributed by atoms with Crippen LogP contribution in [0.5, 0.6) is 0 Å². The Balaban J connectivity index is 3.56. The van der Waals surface area contributed by atoms with Gasteiger partial charge in [0.2, 0.25) is 7.44 Å². The van der Waals surface area contributed by atoms with Crippen molar-refractivity contribution in [2.45, 2.75) is 25.5 Å². The summed E-state index contributed by atoms with van der Waals surface area (Å²) in [6.45, 7) is 6.03. The molecular formula is C14H27N2O2PSi. The van der Waals surface area contributed by atoms with Crippen LogP contribution in [0.4, 0.5) is 0 Å². The molecule has 114 valence electrons. The molecule has 0 fully saturated rings. The summed E-state index contributed by atoms with van der Waals surface area (Å²) in [7, 11) is 1.60. The molecular weight excluding hydrogens is 287 g/mol. The van der Waals surface area contributed by atoms with Crippen LogP contribution >= 0.6 is 7.44 Å².